The van der Waals surface area contributed by atoms with Crippen molar-refractivity contribution in [3.05, 3.63) is 17.8 Å². The zero-order chi connectivity index (χ0) is 13.0. The summed E-state index contributed by atoms with van der Waals surface area (Å²) < 4.78 is 5.84. The summed E-state index contributed by atoms with van der Waals surface area (Å²) in [6.07, 6.45) is 3.75. The molecule has 1 fully saturated rings. The summed E-state index contributed by atoms with van der Waals surface area (Å²) in [6.45, 7) is 6.95. The molecule has 2 heterocycles. The number of nitrogens with two attached hydrogens (primary N) is 1. The van der Waals surface area contributed by atoms with Crippen molar-refractivity contribution in [1.82, 2.24) is 4.98 Å². The van der Waals surface area contributed by atoms with Crippen LogP contribution in [0.4, 0.5) is 11.5 Å². The molecule has 0 spiro atoms. The van der Waals surface area contributed by atoms with Crippen molar-refractivity contribution < 1.29 is 4.74 Å². The highest BCUT2D eigenvalue weighted by Crippen LogP contribution is 2.21. The van der Waals surface area contributed by atoms with E-state index in [1.807, 2.05) is 19.1 Å². The van der Waals surface area contributed by atoms with E-state index in [4.69, 9.17) is 10.5 Å². The first-order valence-corrected chi connectivity index (χ1v) is 6.80. The van der Waals surface area contributed by atoms with Gasteiger partial charge in [-0.1, -0.05) is 6.92 Å². The van der Waals surface area contributed by atoms with Crippen LogP contribution in [0, 0.1) is 6.92 Å². The van der Waals surface area contributed by atoms with Crippen molar-refractivity contribution in [2.24, 2.45) is 0 Å². The first-order valence-electron chi connectivity index (χ1n) is 6.80. The number of rotatable bonds is 4. The van der Waals surface area contributed by atoms with Gasteiger partial charge >= 0.3 is 0 Å². The maximum absolute atomic E-state index is 5.84. The summed E-state index contributed by atoms with van der Waals surface area (Å²) >= 11 is 0. The summed E-state index contributed by atoms with van der Waals surface area (Å²) in [5.74, 6) is 1.02. The van der Waals surface area contributed by atoms with E-state index >= 15 is 0 Å². The fourth-order valence-corrected chi connectivity index (χ4v) is 2.30. The smallest absolute Gasteiger partial charge is 0.129 e. The van der Waals surface area contributed by atoms with Crippen LogP contribution in [0.1, 0.15) is 31.9 Å². The molecule has 4 heteroatoms. The molecule has 0 aromatic carbocycles. The molecule has 1 unspecified atom stereocenters. The number of ether oxygens (including phenoxy) is 1. The molecule has 1 aliphatic heterocycles. The lowest BCUT2D eigenvalue weighted by molar-refractivity contribution is 0.0439. The van der Waals surface area contributed by atoms with Gasteiger partial charge in [-0.15, -0.1) is 0 Å². The molecular weight excluding hydrogens is 226 g/mol. The highest BCUT2D eigenvalue weighted by Gasteiger charge is 2.21. The third-order valence-electron chi connectivity index (χ3n) is 3.37. The number of pyridine rings is 1. The molecule has 1 aliphatic rings. The number of nitrogens with zero attached hydrogens (tertiary/aromatic N) is 2. The lowest BCUT2D eigenvalue weighted by Gasteiger charge is -2.33. The van der Waals surface area contributed by atoms with Gasteiger partial charge in [0, 0.05) is 19.7 Å². The average Bonchev–Trinajstić information content (AvgIpc) is 2.40. The Labute approximate surface area is 109 Å². The summed E-state index contributed by atoms with van der Waals surface area (Å²) in [7, 11) is 0. The Bertz CT molecular complexity index is 395. The molecule has 2 rings (SSSR count). The van der Waals surface area contributed by atoms with E-state index in [1.54, 1.807) is 0 Å². The lowest BCUT2D eigenvalue weighted by Crippen LogP contribution is -2.40. The lowest BCUT2D eigenvalue weighted by atomic mass is 10.1. The Morgan fingerprint density at radius 2 is 2.33 bits per heavy atom. The molecule has 1 atom stereocenters. The van der Waals surface area contributed by atoms with Gasteiger partial charge in [-0.25, -0.2) is 4.98 Å². The van der Waals surface area contributed by atoms with E-state index in [-0.39, 0.29) is 0 Å². The maximum Gasteiger partial charge on any atom is 0.129 e. The zero-order valence-electron chi connectivity index (χ0n) is 11.4. The van der Waals surface area contributed by atoms with Gasteiger partial charge in [0.05, 0.1) is 17.5 Å². The summed E-state index contributed by atoms with van der Waals surface area (Å²) in [6, 6.07) is 3.94. The normalized spacial score (nSPS) is 20.1. The fraction of sp³-hybridized carbons (Fsp3) is 0.643. The topological polar surface area (TPSA) is 51.4 Å². The predicted octanol–water partition coefficient (Wildman–Crippen LogP) is 2.37. The second-order valence-corrected chi connectivity index (χ2v) is 4.93. The molecule has 18 heavy (non-hydrogen) atoms. The molecule has 4 nitrogen and oxygen atoms in total. The number of piperidine rings is 1. The van der Waals surface area contributed by atoms with E-state index in [1.165, 1.54) is 6.42 Å². The van der Waals surface area contributed by atoms with Crippen LogP contribution in [-0.4, -0.2) is 30.8 Å². The van der Waals surface area contributed by atoms with Gasteiger partial charge in [-0.05, 0) is 38.3 Å². The zero-order valence-corrected chi connectivity index (χ0v) is 11.4. The Morgan fingerprint density at radius 3 is 3.06 bits per heavy atom. The van der Waals surface area contributed by atoms with Crippen LogP contribution >= 0.6 is 0 Å². The van der Waals surface area contributed by atoms with Crippen molar-refractivity contribution in [3.8, 4) is 0 Å². The van der Waals surface area contributed by atoms with Gasteiger partial charge in [0.15, 0.2) is 0 Å². The second-order valence-electron chi connectivity index (χ2n) is 4.93. The van der Waals surface area contributed by atoms with Crippen molar-refractivity contribution in [2.45, 2.75) is 39.2 Å². The minimum Gasteiger partial charge on any atom is -0.397 e. The number of nitrogen functional groups attached to an aromatic ring is 1. The minimum absolute atomic E-state index is 0.346. The first kappa shape index (κ1) is 13.1. The second kappa shape index (κ2) is 6.05. The Morgan fingerprint density at radius 1 is 1.50 bits per heavy atom. The minimum atomic E-state index is 0.346. The molecule has 1 aromatic heterocycles. The van der Waals surface area contributed by atoms with E-state index in [9.17, 15) is 0 Å². The number of aromatic nitrogens is 1. The van der Waals surface area contributed by atoms with E-state index < -0.39 is 0 Å². The SMILES string of the molecule is CCCOC1CCCN(c2ccc(N)c(C)n2)C1. The number of aryl methyl sites for hydroxylation is 1. The number of hydrogen-bond acceptors (Lipinski definition) is 4. The average molecular weight is 249 g/mol. The third-order valence-corrected chi connectivity index (χ3v) is 3.37. The largest absolute Gasteiger partial charge is 0.397 e. The van der Waals surface area contributed by atoms with Gasteiger partial charge in [0.1, 0.15) is 5.82 Å². The Balaban J connectivity index is 2.01. The summed E-state index contributed by atoms with van der Waals surface area (Å²) in [5, 5.41) is 0. The molecule has 0 aliphatic carbocycles. The molecule has 1 aromatic rings. The van der Waals surface area contributed by atoms with Gasteiger partial charge in [0.25, 0.3) is 0 Å². The van der Waals surface area contributed by atoms with Gasteiger partial charge in [0.2, 0.25) is 0 Å². The quantitative estimate of drug-likeness (QED) is 0.890. The van der Waals surface area contributed by atoms with Crippen LogP contribution in [-0.2, 0) is 4.74 Å². The van der Waals surface area contributed by atoms with Crippen molar-refractivity contribution >= 4 is 11.5 Å². The highest BCUT2D eigenvalue weighted by molar-refractivity contribution is 5.50. The van der Waals surface area contributed by atoms with Crippen molar-refractivity contribution in [2.75, 3.05) is 30.3 Å². The van der Waals surface area contributed by atoms with Crippen LogP contribution < -0.4 is 10.6 Å². The van der Waals surface area contributed by atoms with Crippen LogP contribution in [0.25, 0.3) is 0 Å². The number of hydrogen-bond donors (Lipinski definition) is 1. The van der Waals surface area contributed by atoms with Gasteiger partial charge in [-0.2, -0.15) is 0 Å². The standard InChI is InChI=1S/C14H23N3O/c1-3-9-18-12-5-4-8-17(10-12)14-7-6-13(15)11(2)16-14/h6-7,12H,3-5,8-10,15H2,1-2H3. The Kier molecular flexibility index (Phi) is 4.42. The molecule has 0 bridgehead atoms. The Hall–Kier alpha value is -1.29. The molecule has 0 radical (unpaired) electrons. The van der Waals surface area contributed by atoms with Crippen LogP contribution in [0.15, 0.2) is 12.1 Å². The molecule has 2 N–H and O–H groups in total. The molecular formula is C14H23N3O. The summed E-state index contributed by atoms with van der Waals surface area (Å²) in [5.41, 5.74) is 7.47. The summed E-state index contributed by atoms with van der Waals surface area (Å²) in [4.78, 5) is 6.86. The van der Waals surface area contributed by atoms with Crippen LogP contribution in [0.5, 0.6) is 0 Å². The van der Waals surface area contributed by atoms with E-state index in [0.717, 1.165) is 49.7 Å². The van der Waals surface area contributed by atoms with Gasteiger partial charge < -0.3 is 15.4 Å². The third kappa shape index (κ3) is 3.13. The molecule has 1 saturated heterocycles. The number of anilines is 2. The van der Waals surface area contributed by atoms with Gasteiger partial charge in [-0.3, -0.25) is 0 Å². The molecule has 0 amide bonds. The van der Waals surface area contributed by atoms with Crippen molar-refractivity contribution in [3.63, 3.8) is 0 Å². The predicted molar refractivity (Wildman–Crippen MR) is 74.9 cm³/mol. The molecule has 100 valence electrons. The van der Waals surface area contributed by atoms with E-state index in [2.05, 4.69) is 16.8 Å². The van der Waals surface area contributed by atoms with Crippen LogP contribution in [0.3, 0.4) is 0 Å². The monoisotopic (exact) mass is 249 g/mol. The van der Waals surface area contributed by atoms with Crippen LogP contribution in [0.2, 0.25) is 0 Å². The maximum atomic E-state index is 5.84. The fourth-order valence-electron chi connectivity index (χ4n) is 2.30. The highest BCUT2D eigenvalue weighted by atomic mass is 16.5. The molecule has 0 saturated carbocycles. The van der Waals surface area contributed by atoms with Crippen molar-refractivity contribution in [1.29, 1.82) is 0 Å². The first-order chi connectivity index (χ1) is 8.70. The van der Waals surface area contributed by atoms with E-state index in [0.29, 0.717) is 6.10 Å².